The molecule has 0 saturated carbocycles. The number of hydrogen-bond acceptors (Lipinski definition) is 3. The van der Waals surface area contributed by atoms with E-state index in [1.54, 1.807) is 14.2 Å². The number of rotatable bonds is 7. The Morgan fingerprint density at radius 1 is 1.24 bits per heavy atom. The summed E-state index contributed by atoms with van der Waals surface area (Å²) >= 11 is 0. The van der Waals surface area contributed by atoms with Crippen LogP contribution in [0.5, 0.6) is 0 Å². The van der Waals surface area contributed by atoms with Crippen molar-refractivity contribution < 1.29 is 4.74 Å². The van der Waals surface area contributed by atoms with E-state index in [-0.39, 0.29) is 0 Å². The van der Waals surface area contributed by atoms with Gasteiger partial charge in [0.2, 0.25) is 0 Å². The van der Waals surface area contributed by atoms with Gasteiger partial charge in [-0.2, -0.15) is 0 Å². The normalized spacial score (nSPS) is 13.3. The van der Waals surface area contributed by atoms with Gasteiger partial charge in [-0.05, 0) is 26.6 Å². The van der Waals surface area contributed by atoms with Crippen molar-refractivity contribution >= 4 is 5.96 Å². The van der Waals surface area contributed by atoms with Gasteiger partial charge in [0.05, 0.1) is 12.6 Å². The van der Waals surface area contributed by atoms with E-state index in [2.05, 4.69) is 65.8 Å². The Labute approximate surface area is 128 Å². The Morgan fingerprint density at radius 3 is 2.43 bits per heavy atom. The maximum atomic E-state index is 5.03. The van der Waals surface area contributed by atoms with Crippen LogP contribution < -0.4 is 10.6 Å². The van der Waals surface area contributed by atoms with Crippen molar-refractivity contribution in [2.45, 2.75) is 13.0 Å². The molecule has 0 saturated heterocycles. The first kappa shape index (κ1) is 17.5. The van der Waals surface area contributed by atoms with Gasteiger partial charge in [-0.15, -0.1) is 0 Å². The quantitative estimate of drug-likeness (QED) is 0.453. The van der Waals surface area contributed by atoms with Crippen molar-refractivity contribution in [3.05, 3.63) is 35.4 Å². The van der Waals surface area contributed by atoms with Crippen LogP contribution in [-0.4, -0.2) is 58.8 Å². The fourth-order valence-corrected chi connectivity index (χ4v) is 2.07. The Kier molecular flexibility index (Phi) is 7.79. The van der Waals surface area contributed by atoms with Gasteiger partial charge in [-0.1, -0.05) is 29.8 Å². The van der Waals surface area contributed by atoms with E-state index in [0.717, 1.165) is 19.0 Å². The minimum absolute atomic E-state index is 0.298. The number of likely N-dealkylation sites (N-methyl/N-ethyl adjacent to an activating group) is 1. The largest absolute Gasteiger partial charge is 0.383 e. The molecule has 0 aliphatic rings. The van der Waals surface area contributed by atoms with Crippen molar-refractivity contribution in [2.24, 2.45) is 4.99 Å². The number of benzene rings is 1. The molecule has 2 N–H and O–H groups in total. The predicted molar refractivity (Wildman–Crippen MR) is 88.8 cm³/mol. The number of guanidine groups is 1. The van der Waals surface area contributed by atoms with E-state index in [1.807, 2.05) is 0 Å². The van der Waals surface area contributed by atoms with E-state index in [4.69, 9.17) is 4.74 Å². The summed E-state index contributed by atoms with van der Waals surface area (Å²) in [5.74, 6) is 0.797. The average Bonchev–Trinajstić information content (AvgIpc) is 2.47. The van der Waals surface area contributed by atoms with Crippen molar-refractivity contribution in [1.82, 2.24) is 15.5 Å². The second-order valence-corrected chi connectivity index (χ2v) is 5.26. The van der Waals surface area contributed by atoms with Crippen LogP contribution >= 0.6 is 0 Å². The smallest absolute Gasteiger partial charge is 0.191 e. The zero-order valence-electron chi connectivity index (χ0n) is 13.8. The highest BCUT2D eigenvalue weighted by molar-refractivity contribution is 5.79. The summed E-state index contributed by atoms with van der Waals surface area (Å²) in [6.07, 6.45) is 0. The fraction of sp³-hybridized carbons (Fsp3) is 0.562. The molecule has 21 heavy (non-hydrogen) atoms. The molecular formula is C16H28N4O. The Hall–Kier alpha value is -1.59. The number of hydrogen-bond donors (Lipinski definition) is 2. The number of ether oxygens (including phenoxy) is 1. The van der Waals surface area contributed by atoms with Crippen LogP contribution in [0.4, 0.5) is 0 Å². The number of nitrogens with zero attached hydrogens (tertiary/aromatic N) is 2. The van der Waals surface area contributed by atoms with Gasteiger partial charge in [-0.25, -0.2) is 0 Å². The molecule has 5 heteroatoms. The summed E-state index contributed by atoms with van der Waals surface area (Å²) in [7, 11) is 7.65. The highest BCUT2D eigenvalue weighted by Crippen LogP contribution is 2.17. The molecule has 0 spiro atoms. The summed E-state index contributed by atoms with van der Waals surface area (Å²) in [4.78, 5) is 6.43. The van der Waals surface area contributed by atoms with Gasteiger partial charge in [0.1, 0.15) is 0 Å². The molecule has 1 atom stereocenters. The molecular weight excluding hydrogens is 264 g/mol. The molecule has 0 aliphatic carbocycles. The molecule has 1 aromatic rings. The Morgan fingerprint density at radius 2 is 1.90 bits per heavy atom. The topological polar surface area (TPSA) is 48.9 Å². The van der Waals surface area contributed by atoms with Crippen molar-refractivity contribution in [3.63, 3.8) is 0 Å². The first-order chi connectivity index (χ1) is 10.1. The zero-order chi connectivity index (χ0) is 15.7. The molecule has 0 amide bonds. The van der Waals surface area contributed by atoms with E-state index < -0.39 is 0 Å². The SMILES string of the molecule is CN=C(NCCOC)NCC(c1ccc(C)cc1)N(C)C. The molecule has 0 aromatic heterocycles. The molecule has 1 aromatic carbocycles. The highest BCUT2D eigenvalue weighted by atomic mass is 16.5. The lowest BCUT2D eigenvalue weighted by molar-refractivity contribution is 0.203. The summed E-state index contributed by atoms with van der Waals surface area (Å²) in [6.45, 7) is 4.31. The number of aryl methyl sites for hydroxylation is 1. The molecule has 0 fully saturated rings. The summed E-state index contributed by atoms with van der Waals surface area (Å²) in [5, 5.41) is 6.59. The predicted octanol–water partition coefficient (Wildman–Crippen LogP) is 1.41. The first-order valence-corrected chi connectivity index (χ1v) is 7.25. The molecule has 1 rings (SSSR count). The summed E-state index contributed by atoms with van der Waals surface area (Å²) in [6, 6.07) is 8.96. The molecule has 118 valence electrons. The maximum Gasteiger partial charge on any atom is 0.191 e. The molecule has 1 unspecified atom stereocenters. The Bertz CT molecular complexity index is 428. The van der Waals surface area contributed by atoms with Crippen LogP contribution in [0.3, 0.4) is 0 Å². The number of methoxy groups -OCH3 is 1. The van der Waals surface area contributed by atoms with Gasteiger partial charge in [0, 0.05) is 27.2 Å². The third-order valence-electron chi connectivity index (χ3n) is 3.37. The maximum absolute atomic E-state index is 5.03. The van der Waals surface area contributed by atoms with Gasteiger partial charge in [0.25, 0.3) is 0 Å². The minimum Gasteiger partial charge on any atom is -0.383 e. The van der Waals surface area contributed by atoms with Crippen molar-refractivity contribution in [1.29, 1.82) is 0 Å². The van der Waals surface area contributed by atoms with Crippen molar-refractivity contribution in [3.8, 4) is 0 Å². The zero-order valence-corrected chi connectivity index (χ0v) is 13.8. The third-order valence-corrected chi connectivity index (χ3v) is 3.37. The lowest BCUT2D eigenvalue weighted by atomic mass is 10.0. The lowest BCUT2D eigenvalue weighted by Crippen LogP contribution is -2.42. The van der Waals surface area contributed by atoms with Crippen LogP contribution in [-0.2, 0) is 4.74 Å². The molecule has 0 aliphatic heterocycles. The summed E-state index contributed by atoms with van der Waals surface area (Å²) < 4.78 is 5.03. The number of nitrogens with one attached hydrogen (secondary N) is 2. The minimum atomic E-state index is 0.298. The van der Waals surface area contributed by atoms with Crippen LogP contribution in [0.1, 0.15) is 17.2 Å². The second-order valence-electron chi connectivity index (χ2n) is 5.26. The molecule has 0 heterocycles. The monoisotopic (exact) mass is 292 g/mol. The van der Waals surface area contributed by atoms with Crippen LogP contribution in [0.25, 0.3) is 0 Å². The Balaban J connectivity index is 2.60. The standard InChI is InChI=1S/C16H28N4O/c1-13-6-8-14(9-7-13)15(20(3)4)12-19-16(17-2)18-10-11-21-5/h6-9,15H,10-12H2,1-5H3,(H2,17,18,19). The van der Waals surface area contributed by atoms with Gasteiger partial charge in [0.15, 0.2) is 5.96 Å². The van der Waals surface area contributed by atoms with Crippen LogP contribution in [0.2, 0.25) is 0 Å². The lowest BCUT2D eigenvalue weighted by Gasteiger charge is -2.26. The first-order valence-electron chi connectivity index (χ1n) is 7.25. The highest BCUT2D eigenvalue weighted by Gasteiger charge is 2.14. The van der Waals surface area contributed by atoms with E-state index in [0.29, 0.717) is 12.6 Å². The van der Waals surface area contributed by atoms with Gasteiger partial charge >= 0.3 is 0 Å². The average molecular weight is 292 g/mol. The van der Waals surface area contributed by atoms with E-state index in [1.165, 1.54) is 11.1 Å². The summed E-state index contributed by atoms with van der Waals surface area (Å²) in [5.41, 5.74) is 2.58. The molecule has 5 nitrogen and oxygen atoms in total. The number of aliphatic imine (C=N–C) groups is 1. The molecule has 0 radical (unpaired) electrons. The van der Waals surface area contributed by atoms with Crippen molar-refractivity contribution in [2.75, 3.05) is 47.9 Å². The third kappa shape index (κ3) is 6.14. The second kappa shape index (κ2) is 9.37. The van der Waals surface area contributed by atoms with Gasteiger partial charge in [-0.3, -0.25) is 4.99 Å². The van der Waals surface area contributed by atoms with E-state index >= 15 is 0 Å². The molecule has 0 bridgehead atoms. The van der Waals surface area contributed by atoms with Gasteiger partial charge < -0.3 is 20.3 Å². The van der Waals surface area contributed by atoms with Crippen LogP contribution in [0, 0.1) is 6.92 Å². The van der Waals surface area contributed by atoms with Crippen LogP contribution in [0.15, 0.2) is 29.3 Å². The fourth-order valence-electron chi connectivity index (χ4n) is 2.07. The van der Waals surface area contributed by atoms with E-state index in [9.17, 15) is 0 Å².